The molecule has 1 N–H and O–H groups in total. The van der Waals surface area contributed by atoms with Gasteiger partial charge in [0.05, 0.1) is 18.4 Å². The number of anilines is 2. The van der Waals surface area contributed by atoms with E-state index in [1.54, 1.807) is 13.3 Å². The minimum Gasteiger partial charge on any atom is -0.497 e. The van der Waals surface area contributed by atoms with Crippen LogP contribution in [0.1, 0.15) is 46.4 Å². The van der Waals surface area contributed by atoms with Gasteiger partial charge < -0.3 is 10.1 Å². The molecule has 28 heavy (non-hydrogen) atoms. The average Bonchev–Trinajstić information content (AvgIpc) is 2.74. The van der Waals surface area contributed by atoms with Crippen LogP contribution < -0.4 is 10.1 Å². The molecular formula is C23H23N3O2. The SMILES string of the molecule is CCc1ccc(Nc2ncc3c(n2)C[C@@H](c2ccc(OC)cc2)CC3=O)cc1. The summed E-state index contributed by atoms with van der Waals surface area (Å²) in [7, 11) is 1.65. The number of rotatable bonds is 5. The predicted molar refractivity (Wildman–Crippen MR) is 110 cm³/mol. The number of ketones is 1. The number of aryl methyl sites for hydroxylation is 1. The number of benzene rings is 2. The van der Waals surface area contributed by atoms with Crippen molar-refractivity contribution in [3.05, 3.63) is 77.1 Å². The lowest BCUT2D eigenvalue weighted by Crippen LogP contribution is -2.21. The van der Waals surface area contributed by atoms with E-state index in [-0.39, 0.29) is 11.7 Å². The van der Waals surface area contributed by atoms with Gasteiger partial charge >= 0.3 is 0 Å². The smallest absolute Gasteiger partial charge is 0.227 e. The summed E-state index contributed by atoms with van der Waals surface area (Å²) < 4.78 is 5.22. The summed E-state index contributed by atoms with van der Waals surface area (Å²) in [6.45, 7) is 2.13. The van der Waals surface area contributed by atoms with E-state index in [2.05, 4.69) is 34.3 Å². The molecule has 0 spiro atoms. The Balaban J connectivity index is 1.56. The molecule has 0 unspecified atom stereocenters. The van der Waals surface area contributed by atoms with Crippen LogP contribution in [-0.4, -0.2) is 22.9 Å². The summed E-state index contributed by atoms with van der Waals surface area (Å²) in [5.74, 6) is 1.55. The second-order valence-corrected chi connectivity index (χ2v) is 7.03. The zero-order valence-electron chi connectivity index (χ0n) is 16.1. The van der Waals surface area contributed by atoms with Crippen LogP contribution >= 0.6 is 0 Å². The standard InChI is InChI=1S/C23H23N3O2/c1-3-15-4-8-18(9-5-15)25-23-24-14-20-21(26-23)12-17(13-22(20)27)16-6-10-19(28-2)11-7-16/h4-11,14,17H,3,12-13H2,1-2H3,(H,24,25,26)/t17-/m1/s1. The number of hydrogen-bond acceptors (Lipinski definition) is 5. The van der Waals surface area contributed by atoms with Gasteiger partial charge in [-0.25, -0.2) is 9.97 Å². The molecule has 0 saturated carbocycles. The topological polar surface area (TPSA) is 64.1 Å². The zero-order chi connectivity index (χ0) is 19.5. The number of nitrogens with one attached hydrogen (secondary N) is 1. The molecule has 142 valence electrons. The highest BCUT2D eigenvalue weighted by Crippen LogP contribution is 2.33. The van der Waals surface area contributed by atoms with Gasteiger partial charge in [-0.1, -0.05) is 31.2 Å². The Morgan fingerprint density at radius 2 is 1.82 bits per heavy atom. The molecule has 0 fully saturated rings. The third-order valence-corrected chi connectivity index (χ3v) is 5.25. The van der Waals surface area contributed by atoms with Gasteiger partial charge in [0.2, 0.25) is 5.95 Å². The largest absolute Gasteiger partial charge is 0.497 e. The van der Waals surface area contributed by atoms with Crippen LogP contribution in [0.4, 0.5) is 11.6 Å². The van der Waals surface area contributed by atoms with Gasteiger partial charge in [-0.15, -0.1) is 0 Å². The highest BCUT2D eigenvalue weighted by molar-refractivity contribution is 5.98. The van der Waals surface area contributed by atoms with Crippen molar-refractivity contribution < 1.29 is 9.53 Å². The van der Waals surface area contributed by atoms with Gasteiger partial charge in [0, 0.05) is 18.3 Å². The number of methoxy groups -OCH3 is 1. The molecule has 1 aliphatic carbocycles. The molecule has 0 aliphatic heterocycles. The second kappa shape index (κ2) is 7.80. The molecule has 1 aromatic heterocycles. The van der Waals surface area contributed by atoms with Crippen molar-refractivity contribution in [3.8, 4) is 5.75 Å². The molecule has 4 rings (SSSR count). The minimum absolute atomic E-state index is 0.0981. The number of Topliss-reactive ketones (excluding diaryl/α,β-unsaturated/α-hetero) is 1. The maximum atomic E-state index is 12.6. The van der Waals surface area contributed by atoms with E-state index in [4.69, 9.17) is 4.74 Å². The summed E-state index contributed by atoms with van der Waals surface area (Å²) in [5.41, 5.74) is 4.79. The summed E-state index contributed by atoms with van der Waals surface area (Å²) in [4.78, 5) is 21.6. The molecule has 3 aromatic rings. The first-order chi connectivity index (χ1) is 13.7. The lowest BCUT2D eigenvalue weighted by atomic mass is 9.82. The Kier molecular flexibility index (Phi) is 5.06. The first-order valence-corrected chi connectivity index (χ1v) is 9.55. The van der Waals surface area contributed by atoms with Crippen LogP contribution in [0.5, 0.6) is 5.75 Å². The molecular weight excluding hydrogens is 350 g/mol. The van der Waals surface area contributed by atoms with Crippen molar-refractivity contribution in [3.63, 3.8) is 0 Å². The normalized spacial score (nSPS) is 15.8. The monoisotopic (exact) mass is 373 g/mol. The summed E-state index contributed by atoms with van der Waals surface area (Å²) >= 11 is 0. The molecule has 0 saturated heterocycles. The number of nitrogens with zero attached hydrogens (tertiary/aromatic N) is 2. The third kappa shape index (κ3) is 3.74. The lowest BCUT2D eigenvalue weighted by molar-refractivity contribution is 0.0962. The number of aromatic nitrogens is 2. The van der Waals surface area contributed by atoms with Crippen LogP contribution in [-0.2, 0) is 12.8 Å². The quantitative estimate of drug-likeness (QED) is 0.702. The van der Waals surface area contributed by atoms with E-state index >= 15 is 0 Å². The van der Waals surface area contributed by atoms with Gasteiger partial charge in [-0.2, -0.15) is 0 Å². The van der Waals surface area contributed by atoms with Gasteiger partial charge in [-0.3, -0.25) is 4.79 Å². The van der Waals surface area contributed by atoms with E-state index in [9.17, 15) is 4.79 Å². The fourth-order valence-corrected chi connectivity index (χ4v) is 3.57. The maximum absolute atomic E-state index is 12.6. The Morgan fingerprint density at radius 3 is 2.50 bits per heavy atom. The predicted octanol–water partition coefficient (Wildman–Crippen LogP) is 4.70. The average molecular weight is 373 g/mol. The molecule has 0 bridgehead atoms. The van der Waals surface area contributed by atoms with Crippen molar-refractivity contribution in [2.24, 2.45) is 0 Å². The molecule has 1 heterocycles. The van der Waals surface area contributed by atoms with E-state index in [0.717, 1.165) is 35.5 Å². The molecule has 5 heteroatoms. The Labute approximate surface area is 164 Å². The molecule has 1 aliphatic rings. The molecule has 5 nitrogen and oxygen atoms in total. The number of carbonyl (C=O) groups is 1. The van der Waals surface area contributed by atoms with Crippen molar-refractivity contribution in [2.75, 3.05) is 12.4 Å². The lowest BCUT2D eigenvalue weighted by Gasteiger charge is -2.23. The van der Waals surface area contributed by atoms with Gasteiger partial charge in [0.25, 0.3) is 0 Å². The molecule has 1 atom stereocenters. The van der Waals surface area contributed by atoms with Crippen LogP contribution in [0.15, 0.2) is 54.7 Å². The van der Waals surface area contributed by atoms with Crippen LogP contribution in [0.25, 0.3) is 0 Å². The summed E-state index contributed by atoms with van der Waals surface area (Å²) in [5, 5.41) is 3.24. The fourth-order valence-electron chi connectivity index (χ4n) is 3.57. The number of hydrogen-bond donors (Lipinski definition) is 1. The third-order valence-electron chi connectivity index (χ3n) is 5.25. The molecule has 0 amide bonds. The van der Waals surface area contributed by atoms with Crippen molar-refractivity contribution in [2.45, 2.75) is 32.1 Å². The highest BCUT2D eigenvalue weighted by atomic mass is 16.5. The second-order valence-electron chi connectivity index (χ2n) is 7.03. The van der Waals surface area contributed by atoms with E-state index in [0.29, 0.717) is 17.9 Å². The van der Waals surface area contributed by atoms with Crippen LogP contribution in [0, 0.1) is 0 Å². The van der Waals surface area contributed by atoms with Crippen molar-refractivity contribution in [1.29, 1.82) is 0 Å². The number of ether oxygens (including phenoxy) is 1. The first-order valence-electron chi connectivity index (χ1n) is 9.55. The van der Waals surface area contributed by atoms with Gasteiger partial charge in [0.1, 0.15) is 5.75 Å². The van der Waals surface area contributed by atoms with E-state index in [1.807, 2.05) is 36.4 Å². The highest BCUT2D eigenvalue weighted by Gasteiger charge is 2.28. The Morgan fingerprint density at radius 1 is 1.07 bits per heavy atom. The minimum atomic E-state index is 0.0981. The van der Waals surface area contributed by atoms with E-state index in [1.165, 1.54) is 5.56 Å². The molecule has 0 radical (unpaired) electrons. The van der Waals surface area contributed by atoms with Gasteiger partial charge in [0.15, 0.2) is 5.78 Å². The maximum Gasteiger partial charge on any atom is 0.227 e. The van der Waals surface area contributed by atoms with E-state index < -0.39 is 0 Å². The first kappa shape index (κ1) is 18.2. The Hall–Kier alpha value is -3.21. The number of fused-ring (bicyclic) bond motifs is 1. The fraction of sp³-hybridized carbons (Fsp3) is 0.261. The summed E-state index contributed by atoms with van der Waals surface area (Å²) in [6, 6.07) is 16.1. The summed E-state index contributed by atoms with van der Waals surface area (Å²) in [6.07, 6.45) is 3.86. The molecule has 2 aromatic carbocycles. The number of carbonyl (C=O) groups excluding carboxylic acids is 1. The Bertz CT molecular complexity index is 982. The van der Waals surface area contributed by atoms with Crippen molar-refractivity contribution in [1.82, 2.24) is 9.97 Å². The van der Waals surface area contributed by atoms with Crippen molar-refractivity contribution >= 4 is 17.4 Å². The van der Waals surface area contributed by atoms with Crippen LogP contribution in [0.2, 0.25) is 0 Å². The zero-order valence-corrected chi connectivity index (χ0v) is 16.1. The van der Waals surface area contributed by atoms with Gasteiger partial charge in [-0.05, 0) is 54.2 Å². The van der Waals surface area contributed by atoms with Crippen LogP contribution in [0.3, 0.4) is 0 Å².